The van der Waals surface area contributed by atoms with E-state index in [9.17, 15) is 4.79 Å². The fraction of sp³-hybridized carbons (Fsp3) is 0.100. The third-order valence-electron chi connectivity index (χ3n) is 2.06. The highest BCUT2D eigenvalue weighted by atomic mass is 32.1. The summed E-state index contributed by atoms with van der Waals surface area (Å²) in [7, 11) is 0. The normalized spacial score (nSPS) is 10.2. The number of carbonyl (C=O) groups is 1. The largest absolute Gasteiger partial charge is 0.478 e. The molecule has 1 aromatic carbocycles. The van der Waals surface area contributed by atoms with Gasteiger partial charge in [0.05, 0.1) is 5.56 Å². The number of carboxylic acid groups (broad SMARTS) is 1. The summed E-state index contributed by atoms with van der Waals surface area (Å²) in [5, 5.41) is 12.5. The van der Waals surface area contributed by atoms with Crippen LogP contribution in [0.1, 0.15) is 16.2 Å². The van der Waals surface area contributed by atoms with Crippen molar-refractivity contribution >= 4 is 34.0 Å². The standard InChI is InChI=1S/C10H10N4O2S/c1-5-12-10(17-14-5)13-6-2-3-7(9(15)16)8(11)4-6/h2-4H,11H2,1H3,(H,15,16)(H,12,13,14). The van der Waals surface area contributed by atoms with E-state index in [0.29, 0.717) is 16.6 Å². The fourth-order valence-electron chi connectivity index (χ4n) is 1.31. The molecule has 1 heterocycles. The number of anilines is 3. The monoisotopic (exact) mass is 250 g/mol. The molecule has 0 atom stereocenters. The highest BCUT2D eigenvalue weighted by Gasteiger charge is 2.08. The zero-order valence-electron chi connectivity index (χ0n) is 8.97. The second-order valence-electron chi connectivity index (χ2n) is 3.38. The van der Waals surface area contributed by atoms with Gasteiger partial charge in [-0.1, -0.05) is 0 Å². The van der Waals surface area contributed by atoms with Crippen LogP contribution in [0.4, 0.5) is 16.5 Å². The van der Waals surface area contributed by atoms with Gasteiger partial charge in [0.1, 0.15) is 5.82 Å². The summed E-state index contributed by atoms with van der Waals surface area (Å²) >= 11 is 1.23. The van der Waals surface area contributed by atoms with Gasteiger partial charge in [-0.05, 0) is 25.1 Å². The number of carboxylic acids is 1. The lowest BCUT2D eigenvalue weighted by molar-refractivity contribution is 0.0698. The van der Waals surface area contributed by atoms with E-state index in [4.69, 9.17) is 10.8 Å². The van der Waals surface area contributed by atoms with Crippen LogP contribution < -0.4 is 11.1 Å². The average molecular weight is 250 g/mol. The molecule has 0 spiro atoms. The van der Waals surface area contributed by atoms with Crippen molar-refractivity contribution in [2.24, 2.45) is 0 Å². The Morgan fingerprint density at radius 2 is 2.29 bits per heavy atom. The molecule has 6 nitrogen and oxygen atoms in total. The summed E-state index contributed by atoms with van der Waals surface area (Å²) < 4.78 is 4.02. The maximum atomic E-state index is 10.8. The highest BCUT2D eigenvalue weighted by Crippen LogP contribution is 2.22. The number of aryl methyl sites for hydroxylation is 1. The lowest BCUT2D eigenvalue weighted by atomic mass is 10.1. The van der Waals surface area contributed by atoms with Crippen LogP contribution in [0.25, 0.3) is 0 Å². The van der Waals surface area contributed by atoms with E-state index >= 15 is 0 Å². The van der Waals surface area contributed by atoms with Crippen molar-refractivity contribution in [3.63, 3.8) is 0 Å². The molecule has 0 fully saturated rings. The second-order valence-corrected chi connectivity index (χ2v) is 4.13. The second kappa shape index (κ2) is 4.38. The molecule has 0 bridgehead atoms. The first-order chi connectivity index (χ1) is 8.06. The predicted octanol–water partition coefficient (Wildman–Crippen LogP) is 1.87. The van der Waals surface area contributed by atoms with E-state index in [2.05, 4.69) is 14.7 Å². The molecule has 4 N–H and O–H groups in total. The topological polar surface area (TPSA) is 101 Å². The molecule has 0 saturated carbocycles. The van der Waals surface area contributed by atoms with Gasteiger partial charge in [0.15, 0.2) is 0 Å². The van der Waals surface area contributed by atoms with Crippen molar-refractivity contribution in [1.82, 2.24) is 9.36 Å². The van der Waals surface area contributed by atoms with E-state index in [1.54, 1.807) is 19.1 Å². The molecule has 0 aliphatic rings. The molecule has 0 amide bonds. The van der Waals surface area contributed by atoms with E-state index in [1.165, 1.54) is 17.6 Å². The van der Waals surface area contributed by atoms with Crippen LogP contribution in [-0.2, 0) is 0 Å². The number of aromatic nitrogens is 2. The molecular weight excluding hydrogens is 240 g/mol. The molecule has 0 radical (unpaired) electrons. The van der Waals surface area contributed by atoms with Crippen molar-refractivity contribution < 1.29 is 9.90 Å². The minimum atomic E-state index is -1.04. The molecule has 17 heavy (non-hydrogen) atoms. The molecule has 0 saturated heterocycles. The van der Waals surface area contributed by atoms with Crippen LogP contribution in [0.3, 0.4) is 0 Å². The molecular formula is C10H10N4O2S. The van der Waals surface area contributed by atoms with Gasteiger partial charge >= 0.3 is 5.97 Å². The zero-order valence-corrected chi connectivity index (χ0v) is 9.78. The van der Waals surface area contributed by atoms with Crippen molar-refractivity contribution in [3.8, 4) is 0 Å². The Bertz CT molecular complexity index is 567. The van der Waals surface area contributed by atoms with Gasteiger partial charge in [0, 0.05) is 22.9 Å². The summed E-state index contributed by atoms with van der Waals surface area (Å²) in [6, 6.07) is 4.64. The number of hydrogen-bond donors (Lipinski definition) is 3. The molecule has 0 aliphatic carbocycles. The Morgan fingerprint density at radius 3 is 2.82 bits per heavy atom. The van der Waals surface area contributed by atoms with E-state index < -0.39 is 5.97 Å². The maximum Gasteiger partial charge on any atom is 0.337 e. The van der Waals surface area contributed by atoms with Gasteiger partial charge < -0.3 is 16.2 Å². The molecule has 0 aliphatic heterocycles. The first-order valence-corrected chi connectivity index (χ1v) is 5.54. The number of nitrogen functional groups attached to an aromatic ring is 1. The Kier molecular flexibility index (Phi) is 2.92. The number of hydrogen-bond acceptors (Lipinski definition) is 6. The van der Waals surface area contributed by atoms with E-state index in [0.717, 1.165) is 0 Å². The van der Waals surface area contributed by atoms with Crippen molar-refractivity contribution in [2.45, 2.75) is 6.92 Å². The number of nitrogens with two attached hydrogens (primary N) is 1. The van der Waals surface area contributed by atoms with Crippen LogP contribution >= 0.6 is 11.5 Å². The Balaban J connectivity index is 2.23. The Hall–Kier alpha value is -2.15. The van der Waals surface area contributed by atoms with Crippen LogP contribution in [0.5, 0.6) is 0 Å². The number of rotatable bonds is 3. The lowest BCUT2D eigenvalue weighted by Gasteiger charge is -2.05. The third-order valence-corrected chi connectivity index (χ3v) is 2.78. The fourth-order valence-corrected chi connectivity index (χ4v) is 1.90. The summed E-state index contributed by atoms with van der Waals surface area (Å²) in [6.45, 7) is 1.80. The Morgan fingerprint density at radius 1 is 1.53 bits per heavy atom. The summed E-state index contributed by atoms with van der Waals surface area (Å²) in [4.78, 5) is 14.9. The highest BCUT2D eigenvalue weighted by molar-refractivity contribution is 7.09. The summed E-state index contributed by atoms with van der Waals surface area (Å²) in [6.07, 6.45) is 0. The molecule has 0 unspecified atom stereocenters. The van der Waals surface area contributed by atoms with Crippen LogP contribution in [0.2, 0.25) is 0 Å². The van der Waals surface area contributed by atoms with Crippen molar-refractivity contribution in [1.29, 1.82) is 0 Å². The van der Waals surface area contributed by atoms with Gasteiger partial charge in [-0.25, -0.2) is 9.78 Å². The quantitative estimate of drug-likeness (QED) is 0.719. The zero-order chi connectivity index (χ0) is 12.4. The maximum absolute atomic E-state index is 10.8. The Labute approximate surface area is 101 Å². The van der Waals surface area contributed by atoms with Gasteiger partial charge in [-0.2, -0.15) is 4.37 Å². The molecule has 1 aromatic heterocycles. The number of benzene rings is 1. The first-order valence-electron chi connectivity index (χ1n) is 4.76. The predicted molar refractivity (Wildman–Crippen MR) is 65.7 cm³/mol. The minimum Gasteiger partial charge on any atom is -0.478 e. The molecule has 2 rings (SSSR count). The van der Waals surface area contributed by atoms with Crippen LogP contribution in [0, 0.1) is 6.92 Å². The third kappa shape index (κ3) is 2.51. The van der Waals surface area contributed by atoms with E-state index in [1.807, 2.05) is 0 Å². The molecule has 2 aromatic rings. The van der Waals surface area contributed by atoms with Crippen LogP contribution in [0.15, 0.2) is 18.2 Å². The minimum absolute atomic E-state index is 0.0870. The number of nitrogens with zero attached hydrogens (tertiary/aromatic N) is 2. The van der Waals surface area contributed by atoms with Crippen molar-refractivity contribution in [2.75, 3.05) is 11.1 Å². The number of aromatic carboxylic acids is 1. The molecule has 88 valence electrons. The van der Waals surface area contributed by atoms with Crippen LogP contribution in [-0.4, -0.2) is 20.4 Å². The van der Waals surface area contributed by atoms with Gasteiger partial charge in [-0.3, -0.25) is 0 Å². The van der Waals surface area contributed by atoms with Gasteiger partial charge in [0.2, 0.25) is 5.13 Å². The number of nitrogens with one attached hydrogen (secondary N) is 1. The SMILES string of the molecule is Cc1nsc(Nc2ccc(C(=O)O)c(N)c2)n1. The summed E-state index contributed by atoms with van der Waals surface area (Å²) in [5.74, 6) is -0.353. The average Bonchev–Trinajstić information content (AvgIpc) is 2.63. The summed E-state index contributed by atoms with van der Waals surface area (Å²) in [5.41, 5.74) is 6.61. The first kappa shape index (κ1) is 11.3. The van der Waals surface area contributed by atoms with E-state index in [-0.39, 0.29) is 11.3 Å². The van der Waals surface area contributed by atoms with Crippen molar-refractivity contribution in [3.05, 3.63) is 29.6 Å². The van der Waals surface area contributed by atoms with Gasteiger partial charge in [-0.15, -0.1) is 0 Å². The smallest absolute Gasteiger partial charge is 0.337 e. The lowest BCUT2D eigenvalue weighted by Crippen LogP contribution is -2.02. The van der Waals surface area contributed by atoms with Gasteiger partial charge in [0.25, 0.3) is 0 Å². The molecule has 7 heteroatoms.